The third kappa shape index (κ3) is 4.32. The first-order valence-electron chi connectivity index (χ1n) is 8.85. The quantitative estimate of drug-likeness (QED) is 0.543. The number of rotatable bonds is 5. The van der Waals surface area contributed by atoms with E-state index < -0.39 is 12.6 Å². The van der Waals surface area contributed by atoms with Crippen molar-refractivity contribution in [2.45, 2.75) is 38.1 Å². The van der Waals surface area contributed by atoms with Crippen LogP contribution in [0.25, 0.3) is 6.08 Å². The molecule has 144 valence electrons. The van der Waals surface area contributed by atoms with E-state index in [4.69, 9.17) is 22.1 Å². The lowest BCUT2D eigenvalue weighted by Crippen LogP contribution is -2.41. The molecule has 1 aromatic rings. The molecule has 1 saturated heterocycles. The number of carboxylic acid groups (broad SMARTS) is 1. The summed E-state index contributed by atoms with van der Waals surface area (Å²) < 4.78 is 6.17. The second-order valence-electron chi connectivity index (χ2n) is 6.70. The summed E-state index contributed by atoms with van der Waals surface area (Å²) in [5.74, 6) is -0.773. The van der Waals surface area contributed by atoms with Crippen LogP contribution in [-0.4, -0.2) is 51.6 Å². The van der Waals surface area contributed by atoms with Gasteiger partial charge in [0.25, 0.3) is 5.91 Å². The van der Waals surface area contributed by atoms with Gasteiger partial charge in [-0.15, -0.1) is 0 Å². The molecule has 1 aliphatic heterocycles. The number of carboxylic acids is 1. The molecule has 1 N–H and O–H groups in total. The van der Waals surface area contributed by atoms with Gasteiger partial charge in [-0.3, -0.25) is 9.69 Å². The number of ether oxygens (including phenoxy) is 1. The highest BCUT2D eigenvalue weighted by molar-refractivity contribution is 9.10. The molecule has 2 fully saturated rings. The molecule has 1 aliphatic carbocycles. The van der Waals surface area contributed by atoms with Crippen molar-refractivity contribution in [2.75, 3.05) is 13.7 Å². The van der Waals surface area contributed by atoms with Crippen molar-refractivity contribution in [1.29, 1.82) is 0 Å². The topological polar surface area (TPSA) is 70.1 Å². The number of benzene rings is 1. The standard InChI is InChI=1S/C19H21BrN2O4S/c1-21-15(18(25)22(19(21)27)14-5-3-2-4-6-14)10-12-9-13(20)7-8-16(12)26-11-17(23)24/h7-10,14H,2-6,11H2,1H3,(H,23,24)/b15-10-. The van der Waals surface area contributed by atoms with Gasteiger partial charge in [-0.05, 0) is 49.3 Å². The maximum absolute atomic E-state index is 13.1. The molecular weight excluding hydrogens is 432 g/mol. The van der Waals surface area contributed by atoms with Crippen molar-refractivity contribution >= 4 is 51.2 Å². The minimum atomic E-state index is -1.06. The van der Waals surface area contributed by atoms with Gasteiger partial charge in [-0.1, -0.05) is 35.2 Å². The van der Waals surface area contributed by atoms with Crippen LogP contribution in [0.2, 0.25) is 0 Å². The Kier molecular flexibility index (Phi) is 6.16. The number of thiocarbonyl (C=S) groups is 1. The number of carbonyl (C=O) groups excluding carboxylic acids is 1. The predicted octanol–water partition coefficient (Wildman–Crippen LogP) is 3.65. The highest BCUT2D eigenvalue weighted by Gasteiger charge is 2.40. The Morgan fingerprint density at radius 2 is 2.07 bits per heavy atom. The maximum Gasteiger partial charge on any atom is 0.341 e. The Balaban J connectivity index is 1.92. The van der Waals surface area contributed by atoms with Gasteiger partial charge in [0.15, 0.2) is 11.7 Å². The lowest BCUT2D eigenvalue weighted by atomic mass is 9.94. The average molecular weight is 453 g/mol. The van der Waals surface area contributed by atoms with Crippen molar-refractivity contribution in [2.24, 2.45) is 0 Å². The Morgan fingerprint density at radius 1 is 1.37 bits per heavy atom. The molecule has 0 bridgehead atoms. The third-order valence-corrected chi connectivity index (χ3v) is 5.81. The van der Waals surface area contributed by atoms with Crippen LogP contribution in [-0.2, 0) is 9.59 Å². The van der Waals surface area contributed by atoms with Crippen LogP contribution in [0.5, 0.6) is 5.75 Å². The zero-order valence-corrected chi connectivity index (χ0v) is 17.4. The highest BCUT2D eigenvalue weighted by Crippen LogP contribution is 2.32. The monoisotopic (exact) mass is 452 g/mol. The molecular formula is C19H21BrN2O4S. The van der Waals surface area contributed by atoms with E-state index in [1.54, 1.807) is 41.1 Å². The van der Waals surface area contributed by atoms with Crippen LogP contribution in [0, 0.1) is 0 Å². The van der Waals surface area contributed by atoms with Gasteiger partial charge in [0.2, 0.25) is 0 Å². The first-order valence-corrected chi connectivity index (χ1v) is 10.1. The van der Waals surface area contributed by atoms with E-state index >= 15 is 0 Å². The van der Waals surface area contributed by atoms with Gasteiger partial charge in [-0.2, -0.15) is 0 Å². The minimum Gasteiger partial charge on any atom is -0.481 e. The number of hydrogen-bond acceptors (Lipinski definition) is 4. The van der Waals surface area contributed by atoms with Gasteiger partial charge in [0.05, 0.1) is 0 Å². The fraction of sp³-hybridized carbons (Fsp3) is 0.421. The minimum absolute atomic E-state index is 0.112. The summed E-state index contributed by atoms with van der Waals surface area (Å²) in [5.41, 5.74) is 1.08. The molecule has 0 spiro atoms. The van der Waals surface area contributed by atoms with E-state index in [0.717, 1.165) is 30.2 Å². The largest absolute Gasteiger partial charge is 0.481 e. The fourth-order valence-corrected chi connectivity index (χ4v) is 4.20. The van der Waals surface area contributed by atoms with Gasteiger partial charge in [0, 0.05) is 23.1 Å². The van der Waals surface area contributed by atoms with E-state index in [0.29, 0.717) is 22.1 Å². The average Bonchev–Trinajstić information content (AvgIpc) is 2.85. The molecule has 0 radical (unpaired) electrons. The number of aliphatic carboxylic acids is 1. The second-order valence-corrected chi connectivity index (χ2v) is 7.98. The van der Waals surface area contributed by atoms with Crippen LogP contribution < -0.4 is 4.74 Å². The second kappa shape index (κ2) is 8.39. The molecule has 3 rings (SSSR count). The predicted molar refractivity (Wildman–Crippen MR) is 109 cm³/mol. The molecule has 1 amide bonds. The molecule has 1 saturated carbocycles. The van der Waals surface area contributed by atoms with Crippen molar-refractivity contribution < 1.29 is 19.4 Å². The van der Waals surface area contributed by atoms with E-state index in [1.165, 1.54) is 6.42 Å². The zero-order chi connectivity index (χ0) is 19.6. The molecule has 1 heterocycles. The summed E-state index contributed by atoms with van der Waals surface area (Å²) in [6.07, 6.45) is 7.07. The number of carbonyl (C=O) groups is 2. The van der Waals surface area contributed by atoms with E-state index in [9.17, 15) is 9.59 Å². The fourth-order valence-electron chi connectivity index (χ4n) is 3.49. The Hall–Kier alpha value is -1.93. The van der Waals surface area contributed by atoms with Gasteiger partial charge < -0.3 is 14.7 Å². The van der Waals surface area contributed by atoms with E-state index in [2.05, 4.69) is 15.9 Å². The maximum atomic E-state index is 13.1. The Labute approximate surface area is 171 Å². The molecule has 0 aromatic heterocycles. The molecule has 0 unspecified atom stereocenters. The molecule has 27 heavy (non-hydrogen) atoms. The number of amides is 1. The zero-order valence-electron chi connectivity index (χ0n) is 15.0. The number of likely N-dealkylation sites (N-methyl/N-ethyl adjacent to an activating group) is 1. The van der Waals surface area contributed by atoms with E-state index in [-0.39, 0.29) is 11.9 Å². The Morgan fingerprint density at radius 3 is 2.74 bits per heavy atom. The summed E-state index contributed by atoms with van der Waals surface area (Å²) >= 11 is 8.94. The SMILES string of the molecule is CN1C(=S)N(C2CCCCC2)C(=O)/C1=C/c1cc(Br)ccc1OCC(=O)O. The van der Waals surface area contributed by atoms with Gasteiger partial charge in [0.1, 0.15) is 11.4 Å². The summed E-state index contributed by atoms with van der Waals surface area (Å²) in [6, 6.07) is 5.38. The van der Waals surface area contributed by atoms with Crippen molar-refractivity contribution in [3.05, 3.63) is 33.9 Å². The first-order chi connectivity index (χ1) is 12.9. The molecule has 6 nitrogen and oxygen atoms in total. The summed E-state index contributed by atoms with van der Waals surface area (Å²) in [4.78, 5) is 27.3. The molecule has 8 heteroatoms. The highest BCUT2D eigenvalue weighted by atomic mass is 79.9. The van der Waals surface area contributed by atoms with Crippen LogP contribution in [0.4, 0.5) is 0 Å². The van der Waals surface area contributed by atoms with Crippen molar-refractivity contribution in [3.63, 3.8) is 0 Å². The molecule has 2 aliphatic rings. The van der Waals surface area contributed by atoms with E-state index in [1.807, 2.05) is 0 Å². The Bertz CT molecular complexity index is 805. The number of nitrogens with zero attached hydrogens (tertiary/aromatic N) is 2. The summed E-state index contributed by atoms with van der Waals surface area (Å²) in [5, 5.41) is 9.38. The van der Waals surface area contributed by atoms with Crippen molar-refractivity contribution in [1.82, 2.24) is 9.80 Å². The lowest BCUT2D eigenvalue weighted by molar-refractivity contribution is -0.139. The summed E-state index contributed by atoms with van der Waals surface area (Å²) in [6.45, 7) is -0.450. The van der Waals surface area contributed by atoms with Crippen LogP contribution in [0.3, 0.4) is 0 Å². The molecule has 0 atom stereocenters. The van der Waals surface area contributed by atoms with Crippen molar-refractivity contribution in [3.8, 4) is 5.75 Å². The smallest absolute Gasteiger partial charge is 0.341 e. The van der Waals surface area contributed by atoms with Gasteiger partial charge in [-0.25, -0.2) is 4.79 Å². The molecule has 1 aromatic carbocycles. The van der Waals surface area contributed by atoms with Crippen LogP contribution in [0.1, 0.15) is 37.7 Å². The lowest BCUT2D eigenvalue weighted by Gasteiger charge is -2.30. The number of halogens is 1. The van der Waals surface area contributed by atoms with Gasteiger partial charge >= 0.3 is 5.97 Å². The van der Waals surface area contributed by atoms with Crippen LogP contribution in [0.15, 0.2) is 28.4 Å². The third-order valence-electron chi connectivity index (χ3n) is 4.85. The summed E-state index contributed by atoms with van der Waals surface area (Å²) in [7, 11) is 1.78. The number of hydrogen-bond donors (Lipinski definition) is 1. The first kappa shape index (κ1) is 19.8. The van der Waals surface area contributed by atoms with Crippen LogP contribution >= 0.6 is 28.1 Å². The normalized spacial score (nSPS) is 19.9.